The molecule has 0 spiro atoms. The normalized spacial score (nSPS) is 13.3. The van der Waals surface area contributed by atoms with Gasteiger partial charge in [0.2, 0.25) is 0 Å². The van der Waals surface area contributed by atoms with E-state index in [0.29, 0.717) is 41.7 Å². The highest BCUT2D eigenvalue weighted by atomic mass is 35.5. The average Bonchev–Trinajstić information content (AvgIpc) is 3.67. The number of halogens is 1. The van der Waals surface area contributed by atoms with Crippen LogP contribution in [0.2, 0.25) is 5.02 Å². The fraction of sp³-hybridized carbons (Fsp3) is 0.241. The first kappa shape index (κ1) is 27.2. The summed E-state index contributed by atoms with van der Waals surface area (Å²) in [6.07, 6.45) is 3.24. The molecule has 1 aromatic heterocycles. The van der Waals surface area contributed by atoms with E-state index >= 15 is 0 Å². The van der Waals surface area contributed by atoms with Gasteiger partial charge in [0.25, 0.3) is 5.91 Å². The van der Waals surface area contributed by atoms with Crippen LogP contribution >= 0.6 is 22.9 Å². The van der Waals surface area contributed by atoms with Crippen molar-refractivity contribution >= 4 is 44.4 Å². The van der Waals surface area contributed by atoms with Crippen molar-refractivity contribution in [3.05, 3.63) is 99.0 Å². The molecule has 0 bridgehead atoms. The topological polar surface area (TPSA) is 106 Å². The number of rotatable bonds is 11. The summed E-state index contributed by atoms with van der Waals surface area (Å²) in [5.74, 6) is 0.629. The number of hydrogen-bond acceptors (Lipinski definition) is 7. The van der Waals surface area contributed by atoms with Crippen LogP contribution in [0.3, 0.4) is 0 Å². The fourth-order valence-corrected chi connectivity index (χ4v) is 6.31. The standard InChI is InChI=1S/C29H27ClN2O5S2/c30-22-9-11-24(12-10-22)39(35,36)14-2-3-19-6-13-27(33)25(15-19)32-29(34)21-4-1-5-23(16-21)37-17-28-31-26(18-38-28)20-7-8-20/h1,4-6,9-13,15-16,18,20,33H,2-3,7-8,14,17H2,(H,32,34). The molecule has 10 heteroatoms. The number of sulfone groups is 1. The van der Waals surface area contributed by atoms with Gasteiger partial charge in [0.15, 0.2) is 9.84 Å². The number of carbonyl (C=O) groups excluding carboxylic acids is 1. The molecule has 3 aromatic carbocycles. The Kier molecular flexibility index (Phi) is 8.20. The summed E-state index contributed by atoms with van der Waals surface area (Å²) >= 11 is 7.43. The smallest absolute Gasteiger partial charge is 0.255 e. The molecule has 0 aliphatic heterocycles. The number of aromatic nitrogens is 1. The molecule has 1 heterocycles. The number of benzene rings is 3. The zero-order valence-corrected chi connectivity index (χ0v) is 23.4. The maximum absolute atomic E-state index is 12.9. The molecule has 7 nitrogen and oxygen atoms in total. The van der Waals surface area contributed by atoms with E-state index in [1.54, 1.807) is 59.9 Å². The van der Waals surface area contributed by atoms with Crippen LogP contribution in [0.1, 0.15) is 51.8 Å². The van der Waals surface area contributed by atoms with Gasteiger partial charge in [0.05, 0.1) is 22.0 Å². The molecule has 5 rings (SSSR count). The van der Waals surface area contributed by atoms with E-state index in [0.717, 1.165) is 16.3 Å². The van der Waals surface area contributed by atoms with E-state index in [-0.39, 0.29) is 22.1 Å². The summed E-state index contributed by atoms with van der Waals surface area (Å²) in [6, 6.07) is 17.8. The number of anilines is 1. The van der Waals surface area contributed by atoms with E-state index in [9.17, 15) is 18.3 Å². The molecule has 2 N–H and O–H groups in total. The lowest BCUT2D eigenvalue weighted by Gasteiger charge is -2.11. The summed E-state index contributed by atoms with van der Waals surface area (Å²) < 4.78 is 31.0. The molecule has 4 aromatic rings. The van der Waals surface area contributed by atoms with Gasteiger partial charge in [0.1, 0.15) is 23.1 Å². The van der Waals surface area contributed by atoms with Crippen LogP contribution < -0.4 is 10.1 Å². The Bertz CT molecular complexity index is 1580. The molecule has 0 radical (unpaired) electrons. The first-order valence-electron chi connectivity index (χ1n) is 12.6. The van der Waals surface area contributed by atoms with Gasteiger partial charge in [-0.1, -0.05) is 23.7 Å². The van der Waals surface area contributed by atoms with Gasteiger partial charge in [-0.05, 0) is 85.8 Å². The Balaban J connectivity index is 1.17. The minimum absolute atomic E-state index is 0.0348. The Hall–Kier alpha value is -3.40. The lowest BCUT2D eigenvalue weighted by Crippen LogP contribution is -2.12. The number of thiazole rings is 1. The zero-order valence-electron chi connectivity index (χ0n) is 21.0. The van der Waals surface area contributed by atoms with Crippen molar-refractivity contribution in [2.75, 3.05) is 11.1 Å². The second-order valence-electron chi connectivity index (χ2n) is 9.44. The van der Waals surface area contributed by atoms with Crippen LogP contribution in [0.4, 0.5) is 5.69 Å². The summed E-state index contributed by atoms with van der Waals surface area (Å²) in [5, 5.41) is 16.5. The number of phenolic OH excluding ortho intramolecular Hbond substituents is 1. The van der Waals surface area contributed by atoms with Crippen molar-refractivity contribution < 1.29 is 23.1 Å². The van der Waals surface area contributed by atoms with Gasteiger partial charge in [-0.25, -0.2) is 13.4 Å². The van der Waals surface area contributed by atoms with Gasteiger partial charge in [-0.3, -0.25) is 4.79 Å². The van der Waals surface area contributed by atoms with Crippen molar-refractivity contribution in [3.63, 3.8) is 0 Å². The SMILES string of the molecule is O=C(Nc1cc(CCCS(=O)(=O)c2ccc(Cl)cc2)ccc1O)c1cccc(OCc2nc(C3CC3)cs2)c1. The maximum Gasteiger partial charge on any atom is 0.255 e. The highest BCUT2D eigenvalue weighted by molar-refractivity contribution is 7.91. The summed E-state index contributed by atoms with van der Waals surface area (Å²) in [5.41, 5.74) is 2.56. The third kappa shape index (κ3) is 7.17. The summed E-state index contributed by atoms with van der Waals surface area (Å²) in [7, 11) is -3.44. The molecule has 39 heavy (non-hydrogen) atoms. The molecule has 1 aliphatic carbocycles. The number of nitrogens with zero attached hydrogens (tertiary/aromatic N) is 1. The number of carbonyl (C=O) groups is 1. The molecule has 0 saturated heterocycles. The minimum Gasteiger partial charge on any atom is -0.506 e. The van der Waals surface area contributed by atoms with Crippen LogP contribution in [0.25, 0.3) is 0 Å². The Morgan fingerprint density at radius 2 is 1.90 bits per heavy atom. The third-order valence-electron chi connectivity index (χ3n) is 6.38. The lowest BCUT2D eigenvalue weighted by molar-refractivity contribution is 0.102. The first-order chi connectivity index (χ1) is 18.8. The predicted molar refractivity (Wildman–Crippen MR) is 153 cm³/mol. The molecule has 202 valence electrons. The largest absolute Gasteiger partial charge is 0.506 e. The second-order valence-corrected chi connectivity index (χ2v) is 12.9. The quantitative estimate of drug-likeness (QED) is 0.193. The minimum atomic E-state index is -3.44. The monoisotopic (exact) mass is 582 g/mol. The number of nitrogens with one attached hydrogen (secondary N) is 1. The number of phenols is 1. The van der Waals surface area contributed by atoms with Crippen LogP contribution in [0.5, 0.6) is 11.5 Å². The first-order valence-corrected chi connectivity index (χ1v) is 15.5. The van der Waals surface area contributed by atoms with Crippen molar-refractivity contribution in [2.24, 2.45) is 0 Å². The van der Waals surface area contributed by atoms with Gasteiger partial charge in [0, 0.05) is 21.9 Å². The molecule has 1 amide bonds. The van der Waals surface area contributed by atoms with E-state index < -0.39 is 15.7 Å². The second kappa shape index (κ2) is 11.8. The maximum atomic E-state index is 12.9. The van der Waals surface area contributed by atoms with Crippen LogP contribution in [0, 0.1) is 0 Å². The molecule has 0 unspecified atom stereocenters. The highest BCUT2D eigenvalue weighted by Crippen LogP contribution is 2.40. The van der Waals surface area contributed by atoms with Crippen molar-refractivity contribution in [1.29, 1.82) is 0 Å². The summed E-state index contributed by atoms with van der Waals surface area (Å²) in [6.45, 7) is 0.332. The molecular formula is C29H27ClN2O5S2. The highest BCUT2D eigenvalue weighted by Gasteiger charge is 2.26. The van der Waals surface area contributed by atoms with Crippen molar-refractivity contribution in [1.82, 2.24) is 4.98 Å². The van der Waals surface area contributed by atoms with Gasteiger partial charge in [-0.2, -0.15) is 0 Å². The van der Waals surface area contributed by atoms with Crippen LogP contribution in [-0.2, 0) is 22.9 Å². The van der Waals surface area contributed by atoms with E-state index in [4.69, 9.17) is 16.3 Å². The molecule has 1 aliphatic rings. The van der Waals surface area contributed by atoms with Crippen molar-refractivity contribution in [3.8, 4) is 11.5 Å². The third-order valence-corrected chi connectivity index (χ3v) is 9.29. The van der Waals surface area contributed by atoms with Gasteiger partial charge < -0.3 is 15.2 Å². The average molecular weight is 583 g/mol. The van der Waals surface area contributed by atoms with Gasteiger partial charge >= 0.3 is 0 Å². The number of hydrogen-bond donors (Lipinski definition) is 2. The van der Waals surface area contributed by atoms with Gasteiger partial charge in [-0.15, -0.1) is 11.3 Å². The summed E-state index contributed by atoms with van der Waals surface area (Å²) in [4.78, 5) is 17.8. The Morgan fingerprint density at radius 3 is 2.67 bits per heavy atom. The molecule has 1 saturated carbocycles. The fourth-order valence-electron chi connectivity index (χ4n) is 4.09. The van der Waals surface area contributed by atoms with E-state index in [1.165, 1.54) is 31.0 Å². The molecule has 0 atom stereocenters. The van der Waals surface area contributed by atoms with Crippen LogP contribution in [0.15, 0.2) is 77.0 Å². The zero-order chi connectivity index (χ0) is 27.4. The lowest BCUT2D eigenvalue weighted by atomic mass is 10.1. The predicted octanol–water partition coefficient (Wildman–Crippen LogP) is 6.62. The number of aryl methyl sites for hydroxylation is 1. The number of aromatic hydroxyl groups is 1. The van der Waals surface area contributed by atoms with Crippen molar-refractivity contribution in [2.45, 2.75) is 43.1 Å². The van der Waals surface area contributed by atoms with Crippen LogP contribution in [-0.4, -0.2) is 30.2 Å². The molecule has 1 fully saturated rings. The van der Waals surface area contributed by atoms with E-state index in [1.807, 2.05) is 0 Å². The van der Waals surface area contributed by atoms with E-state index in [2.05, 4.69) is 15.7 Å². The Labute approximate surface area is 236 Å². The molecular weight excluding hydrogens is 556 g/mol. The number of ether oxygens (including phenoxy) is 1. The Morgan fingerprint density at radius 1 is 1.10 bits per heavy atom. The number of amides is 1.